The summed E-state index contributed by atoms with van der Waals surface area (Å²) < 4.78 is 13.7. The number of nitrogens with two attached hydrogens (primary N) is 2. The summed E-state index contributed by atoms with van der Waals surface area (Å²) in [4.78, 5) is 31.7. The summed E-state index contributed by atoms with van der Waals surface area (Å²) in [6, 6.07) is 19.7. The maximum Gasteiger partial charge on any atom is 0.313 e. The zero-order chi connectivity index (χ0) is 27.2. The molecular weight excluding hydrogens is 507 g/mol. The van der Waals surface area contributed by atoms with Gasteiger partial charge in [0, 0.05) is 31.2 Å². The van der Waals surface area contributed by atoms with E-state index in [1.165, 1.54) is 17.7 Å². The molecule has 4 rings (SSSR count). The molecular formula is C28H30ClFN6O2. The van der Waals surface area contributed by atoms with E-state index in [1.807, 2.05) is 30.3 Å². The van der Waals surface area contributed by atoms with Crippen molar-refractivity contribution in [3.05, 3.63) is 99.8 Å². The highest BCUT2D eigenvalue weighted by Gasteiger charge is 2.35. The molecule has 10 heteroatoms. The lowest BCUT2D eigenvalue weighted by Gasteiger charge is -2.21. The van der Waals surface area contributed by atoms with E-state index in [4.69, 9.17) is 23.1 Å². The highest BCUT2D eigenvalue weighted by molar-refractivity contribution is 6.39. The highest BCUT2D eigenvalue weighted by atomic mass is 35.5. The van der Waals surface area contributed by atoms with Gasteiger partial charge in [-0.05, 0) is 53.9 Å². The number of benzene rings is 3. The molecule has 6 N–H and O–H groups in total. The molecule has 198 valence electrons. The van der Waals surface area contributed by atoms with Gasteiger partial charge in [-0.15, -0.1) is 0 Å². The molecule has 0 aromatic heterocycles. The van der Waals surface area contributed by atoms with Gasteiger partial charge in [-0.3, -0.25) is 19.5 Å². The Labute approximate surface area is 225 Å². The van der Waals surface area contributed by atoms with Crippen LogP contribution in [0.4, 0.5) is 10.1 Å². The molecule has 2 amide bonds. The van der Waals surface area contributed by atoms with E-state index in [0.29, 0.717) is 6.42 Å². The zero-order valence-corrected chi connectivity index (χ0v) is 21.7. The number of nitrogens with one attached hydrogen (secondary N) is 2. The lowest BCUT2D eigenvalue weighted by atomic mass is 10.0. The van der Waals surface area contributed by atoms with Crippen molar-refractivity contribution >= 4 is 35.1 Å². The van der Waals surface area contributed by atoms with Crippen molar-refractivity contribution in [2.24, 2.45) is 22.4 Å². The largest absolute Gasteiger partial charge is 0.370 e. The quantitative estimate of drug-likeness (QED) is 0.199. The van der Waals surface area contributed by atoms with Crippen LogP contribution in [0.2, 0.25) is 5.02 Å². The maximum absolute atomic E-state index is 13.7. The van der Waals surface area contributed by atoms with E-state index >= 15 is 0 Å². The summed E-state index contributed by atoms with van der Waals surface area (Å²) in [5.41, 5.74) is 15.6. The molecule has 0 radical (unpaired) electrons. The van der Waals surface area contributed by atoms with E-state index in [-0.39, 0.29) is 29.1 Å². The summed E-state index contributed by atoms with van der Waals surface area (Å²) in [6.07, 6.45) is 0.636. The fourth-order valence-electron chi connectivity index (χ4n) is 4.71. The van der Waals surface area contributed by atoms with E-state index in [9.17, 15) is 14.0 Å². The Hall–Kier alpha value is -3.95. The second-order valence-electron chi connectivity index (χ2n) is 9.45. The SMILES string of the molecule is CN(Cc1ccccc1)Cc1ccc2c(c1)C[C@H](CN=C(N)N)[C@H]2NC(=O)C(=O)Nc1ccc(Cl)c(F)c1. The lowest BCUT2D eigenvalue weighted by Crippen LogP contribution is -2.40. The summed E-state index contributed by atoms with van der Waals surface area (Å²) in [5.74, 6) is -2.65. The fourth-order valence-corrected chi connectivity index (χ4v) is 4.83. The fraction of sp³-hybridized carbons (Fsp3) is 0.250. The van der Waals surface area contributed by atoms with Crippen LogP contribution < -0.4 is 22.1 Å². The molecule has 0 spiro atoms. The second kappa shape index (κ2) is 12.1. The van der Waals surface area contributed by atoms with Crippen LogP contribution in [-0.4, -0.2) is 36.3 Å². The van der Waals surface area contributed by atoms with Gasteiger partial charge in [0.2, 0.25) is 0 Å². The van der Waals surface area contributed by atoms with Crippen LogP contribution in [0.3, 0.4) is 0 Å². The Balaban J connectivity index is 1.47. The van der Waals surface area contributed by atoms with Crippen LogP contribution in [0.5, 0.6) is 0 Å². The first-order chi connectivity index (χ1) is 18.2. The molecule has 1 aliphatic rings. The molecule has 0 saturated heterocycles. The molecule has 0 fully saturated rings. The maximum atomic E-state index is 13.7. The van der Waals surface area contributed by atoms with E-state index in [1.54, 1.807) is 0 Å². The van der Waals surface area contributed by atoms with Crippen molar-refractivity contribution in [3.63, 3.8) is 0 Å². The number of amides is 2. The Morgan fingerprint density at radius 3 is 2.47 bits per heavy atom. The predicted octanol–water partition coefficient (Wildman–Crippen LogP) is 3.35. The summed E-state index contributed by atoms with van der Waals surface area (Å²) in [6.45, 7) is 1.85. The number of nitrogens with zero attached hydrogens (tertiary/aromatic N) is 2. The van der Waals surface area contributed by atoms with Crippen molar-refractivity contribution in [1.82, 2.24) is 10.2 Å². The topological polar surface area (TPSA) is 126 Å². The minimum atomic E-state index is -0.917. The molecule has 0 aliphatic heterocycles. The molecule has 1 aliphatic carbocycles. The van der Waals surface area contributed by atoms with Gasteiger partial charge in [-0.2, -0.15) is 0 Å². The number of carbonyl (C=O) groups excluding carboxylic acids is 2. The number of fused-ring (bicyclic) bond motifs is 1. The summed E-state index contributed by atoms with van der Waals surface area (Å²) >= 11 is 5.69. The summed E-state index contributed by atoms with van der Waals surface area (Å²) in [7, 11) is 2.07. The van der Waals surface area contributed by atoms with Crippen LogP contribution in [0.15, 0.2) is 71.7 Å². The molecule has 2 atom stereocenters. The van der Waals surface area contributed by atoms with Crippen molar-refractivity contribution < 1.29 is 14.0 Å². The van der Waals surface area contributed by atoms with Gasteiger partial charge in [0.1, 0.15) is 5.82 Å². The third-order valence-corrected chi connectivity index (χ3v) is 6.73. The van der Waals surface area contributed by atoms with Gasteiger partial charge in [0.15, 0.2) is 5.96 Å². The third kappa shape index (κ3) is 6.87. The van der Waals surface area contributed by atoms with Gasteiger partial charge in [-0.1, -0.05) is 60.1 Å². The van der Waals surface area contributed by atoms with Crippen LogP contribution in [0.25, 0.3) is 0 Å². The minimum absolute atomic E-state index is 0.0447. The smallest absolute Gasteiger partial charge is 0.313 e. The number of carbonyl (C=O) groups is 2. The zero-order valence-electron chi connectivity index (χ0n) is 21.0. The predicted molar refractivity (Wildman–Crippen MR) is 147 cm³/mol. The first-order valence-electron chi connectivity index (χ1n) is 12.2. The molecule has 8 nitrogen and oxygen atoms in total. The molecule has 3 aromatic carbocycles. The van der Waals surface area contributed by atoms with Crippen molar-refractivity contribution in [2.45, 2.75) is 25.6 Å². The number of rotatable bonds is 8. The van der Waals surface area contributed by atoms with E-state index in [0.717, 1.165) is 35.8 Å². The Kier molecular flexibility index (Phi) is 8.60. The molecule has 0 bridgehead atoms. The number of guanidine groups is 1. The van der Waals surface area contributed by atoms with Crippen LogP contribution in [-0.2, 0) is 29.1 Å². The Morgan fingerprint density at radius 1 is 1.03 bits per heavy atom. The second-order valence-corrected chi connectivity index (χ2v) is 9.86. The molecule has 3 aromatic rings. The van der Waals surface area contributed by atoms with Crippen molar-refractivity contribution in [2.75, 3.05) is 18.9 Å². The van der Waals surface area contributed by atoms with Gasteiger partial charge in [0.25, 0.3) is 0 Å². The Morgan fingerprint density at radius 2 is 1.76 bits per heavy atom. The standard InChI is InChI=1S/C28H30ClFN6O2/c1-36(15-17-5-3-2-4-6-17)16-18-7-9-22-19(11-18)12-20(14-33-28(31)32)25(22)35-27(38)26(37)34-21-8-10-23(29)24(30)13-21/h2-11,13,20,25H,12,14-16H2,1H3,(H,34,37)(H,35,38)(H4,31,32,33)/t20-,25-/m1/s1. The number of aliphatic imine (C=N–C) groups is 1. The van der Waals surface area contributed by atoms with Gasteiger partial charge >= 0.3 is 11.8 Å². The van der Waals surface area contributed by atoms with E-state index < -0.39 is 23.7 Å². The molecule has 38 heavy (non-hydrogen) atoms. The van der Waals surface area contributed by atoms with Crippen LogP contribution >= 0.6 is 11.6 Å². The number of hydrogen-bond donors (Lipinski definition) is 4. The van der Waals surface area contributed by atoms with Gasteiger partial charge < -0.3 is 22.1 Å². The monoisotopic (exact) mass is 536 g/mol. The number of halogens is 2. The molecule has 0 unspecified atom stereocenters. The van der Waals surface area contributed by atoms with Crippen LogP contribution in [0, 0.1) is 11.7 Å². The average molecular weight is 537 g/mol. The molecule has 0 heterocycles. The Bertz CT molecular complexity index is 1350. The number of anilines is 1. The lowest BCUT2D eigenvalue weighted by molar-refractivity contribution is -0.136. The normalized spacial score (nSPS) is 16.1. The van der Waals surface area contributed by atoms with Crippen LogP contribution in [0.1, 0.15) is 28.3 Å². The third-order valence-electron chi connectivity index (χ3n) is 6.42. The minimum Gasteiger partial charge on any atom is -0.370 e. The van der Waals surface area contributed by atoms with Crippen molar-refractivity contribution in [3.8, 4) is 0 Å². The molecule has 0 saturated carbocycles. The highest BCUT2D eigenvalue weighted by Crippen LogP contribution is 2.37. The number of hydrogen-bond acceptors (Lipinski definition) is 4. The van der Waals surface area contributed by atoms with Crippen molar-refractivity contribution in [1.29, 1.82) is 0 Å². The first kappa shape index (κ1) is 27.1. The first-order valence-corrected chi connectivity index (χ1v) is 12.5. The van der Waals surface area contributed by atoms with Gasteiger partial charge in [-0.25, -0.2) is 4.39 Å². The summed E-state index contributed by atoms with van der Waals surface area (Å²) in [5, 5.41) is 5.14. The average Bonchev–Trinajstić information content (AvgIpc) is 3.21. The van der Waals surface area contributed by atoms with Gasteiger partial charge in [0.05, 0.1) is 11.1 Å². The van der Waals surface area contributed by atoms with E-state index in [2.05, 4.69) is 45.8 Å².